The van der Waals surface area contributed by atoms with Crippen LogP contribution in [0.25, 0.3) is 0 Å². The predicted octanol–water partition coefficient (Wildman–Crippen LogP) is 0.310. The summed E-state index contributed by atoms with van der Waals surface area (Å²) in [6.45, 7) is 0. The molecule has 0 aliphatic heterocycles. The molecule has 0 saturated carbocycles. The molecule has 0 aliphatic carbocycles. The van der Waals surface area contributed by atoms with Crippen LogP contribution in [0.1, 0.15) is 0 Å². The van der Waals surface area contributed by atoms with Crippen molar-refractivity contribution in [2.45, 2.75) is 0 Å². The minimum atomic E-state index is -0.422. The third kappa shape index (κ3) is 3.38. The number of hydrogen-bond donors (Lipinski definition) is 0. The summed E-state index contributed by atoms with van der Waals surface area (Å²) < 4.78 is 1.41. The van der Waals surface area contributed by atoms with Gasteiger partial charge in [0, 0.05) is 0 Å². The molecule has 1 heterocycles. The summed E-state index contributed by atoms with van der Waals surface area (Å²) in [5.74, 6) is 0. The van der Waals surface area contributed by atoms with E-state index in [0.29, 0.717) is 0 Å². The Hall–Kier alpha value is -0.833. The second-order valence-electron chi connectivity index (χ2n) is 3.90. The molecule has 3 rings (SSSR count). The van der Waals surface area contributed by atoms with Gasteiger partial charge in [-0.15, -0.1) is 10.00 Å². The number of hydrogen-bond acceptors (Lipinski definition) is 1. The summed E-state index contributed by atoms with van der Waals surface area (Å²) in [7, 11) is -0.422. The zero-order valence-electron chi connectivity index (χ0n) is 10.8. The van der Waals surface area contributed by atoms with Crippen molar-refractivity contribution in [2.24, 2.45) is 0 Å². The van der Waals surface area contributed by atoms with Gasteiger partial charge in [0.2, 0.25) is 0 Å². The van der Waals surface area contributed by atoms with E-state index in [0.717, 1.165) is 0 Å². The van der Waals surface area contributed by atoms with Crippen molar-refractivity contribution in [1.29, 1.82) is 0 Å². The molecule has 3 aromatic rings. The Morgan fingerprint density at radius 1 is 0.737 bits per heavy atom. The van der Waals surface area contributed by atoms with Crippen molar-refractivity contribution >= 4 is 34.5 Å². The van der Waals surface area contributed by atoms with Crippen LogP contribution in [-0.4, -0.2) is 0 Å². The molecule has 0 radical (unpaired) electrons. The van der Waals surface area contributed by atoms with Gasteiger partial charge in [-0.3, -0.25) is 11.3 Å². The molecule has 88 valence electrons. The van der Waals surface area contributed by atoms with Crippen LogP contribution in [0.4, 0.5) is 0 Å². The van der Waals surface area contributed by atoms with E-state index < -0.39 is 7.92 Å². The quantitative estimate of drug-likeness (QED) is 0.366. The van der Waals surface area contributed by atoms with Gasteiger partial charge in [0.15, 0.2) is 0 Å². The zero-order valence-corrected chi connectivity index (χ0v) is 12.5. The van der Waals surface area contributed by atoms with Gasteiger partial charge in [-0.2, -0.15) is 12.1 Å². The maximum Gasteiger partial charge on any atom is 1.00 e. The number of rotatable bonds is 3. The molecule has 0 bridgehead atoms. The second kappa shape index (κ2) is 7.08. The van der Waals surface area contributed by atoms with Gasteiger partial charge in [0.05, 0.1) is 0 Å². The van der Waals surface area contributed by atoms with Crippen molar-refractivity contribution in [2.75, 3.05) is 0 Å². The third-order valence-electron chi connectivity index (χ3n) is 2.71. The van der Waals surface area contributed by atoms with E-state index in [1.54, 1.807) is 11.3 Å². The van der Waals surface area contributed by atoms with Gasteiger partial charge in [-0.1, -0.05) is 68.6 Å². The normalized spacial score (nSPS) is 10.2. The third-order valence-corrected chi connectivity index (χ3v) is 6.35. The Morgan fingerprint density at radius 3 is 1.68 bits per heavy atom. The summed E-state index contributed by atoms with van der Waals surface area (Å²) in [6.07, 6.45) is 0. The summed E-state index contributed by atoms with van der Waals surface area (Å²) >= 11 is 1.72. The maximum atomic E-state index is 3.21. The molecule has 0 amide bonds. The average Bonchev–Trinajstić information content (AvgIpc) is 2.95. The molecular formula is C16H12LiPS. The first-order valence-corrected chi connectivity index (χ1v) is 7.97. The SMILES string of the molecule is [Li+].[c-]1ccc(P(c2ccccc2)c2ccccc2)s1. The van der Waals surface area contributed by atoms with Crippen LogP contribution in [0.3, 0.4) is 0 Å². The number of thiophene rings is 1. The molecule has 0 aliphatic rings. The molecule has 0 nitrogen and oxygen atoms in total. The van der Waals surface area contributed by atoms with Crippen molar-refractivity contribution in [3.8, 4) is 0 Å². The Bertz CT molecular complexity index is 554. The largest absolute Gasteiger partial charge is 1.00 e. The smallest absolute Gasteiger partial charge is 0.295 e. The van der Waals surface area contributed by atoms with E-state index in [1.807, 2.05) is 6.07 Å². The van der Waals surface area contributed by atoms with Crippen molar-refractivity contribution in [3.05, 3.63) is 78.2 Å². The average molecular weight is 274 g/mol. The first-order chi connectivity index (χ1) is 8.95. The molecule has 0 unspecified atom stereocenters. The zero-order chi connectivity index (χ0) is 12.2. The van der Waals surface area contributed by atoms with E-state index in [9.17, 15) is 0 Å². The molecule has 0 atom stereocenters. The molecule has 0 saturated heterocycles. The van der Waals surface area contributed by atoms with Crippen LogP contribution in [-0.2, 0) is 0 Å². The van der Waals surface area contributed by atoms with E-state index in [2.05, 4.69) is 72.1 Å². The topological polar surface area (TPSA) is 0 Å². The Labute approximate surface area is 131 Å². The van der Waals surface area contributed by atoms with E-state index >= 15 is 0 Å². The van der Waals surface area contributed by atoms with E-state index in [-0.39, 0.29) is 18.9 Å². The first-order valence-electron chi connectivity index (χ1n) is 5.81. The molecule has 1 aromatic heterocycles. The maximum absolute atomic E-state index is 3.21. The van der Waals surface area contributed by atoms with Gasteiger partial charge in [0.1, 0.15) is 0 Å². The van der Waals surface area contributed by atoms with Gasteiger partial charge in [-0.05, 0) is 10.6 Å². The molecule has 2 aromatic carbocycles. The molecule has 0 fully saturated rings. The van der Waals surface area contributed by atoms with Crippen LogP contribution in [0.15, 0.2) is 72.8 Å². The monoisotopic (exact) mass is 274 g/mol. The predicted molar refractivity (Wildman–Crippen MR) is 81.9 cm³/mol. The van der Waals surface area contributed by atoms with Crippen LogP contribution >= 0.6 is 19.3 Å². The van der Waals surface area contributed by atoms with Gasteiger partial charge in [0.25, 0.3) is 0 Å². The summed E-state index contributed by atoms with van der Waals surface area (Å²) in [4.78, 5) is 0. The standard InChI is InChI=1S/C16H12PS.Li/c1-3-8-14(9-4-1)17(16-12-7-13-18-16)15-10-5-2-6-11-15;/h1-12H;/q-1;+1. The fourth-order valence-electron chi connectivity index (χ4n) is 1.91. The van der Waals surface area contributed by atoms with Crippen molar-refractivity contribution in [1.82, 2.24) is 0 Å². The second-order valence-corrected chi connectivity index (χ2v) is 7.27. The van der Waals surface area contributed by atoms with E-state index in [1.165, 1.54) is 15.2 Å². The molecular weight excluding hydrogens is 262 g/mol. The summed E-state index contributed by atoms with van der Waals surface area (Å²) in [5.41, 5.74) is 0. The van der Waals surface area contributed by atoms with Crippen LogP contribution in [0.5, 0.6) is 0 Å². The van der Waals surface area contributed by atoms with Gasteiger partial charge >= 0.3 is 18.9 Å². The van der Waals surface area contributed by atoms with Crippen LogP contribution in [0.2, 0.25) is 0 Å². The molecule has 0 N–H and O–H groups in total. The fraction of sp³-hybridized carbons (Fsp3) is 0. The van der Waals surface area contributed by atoms with Crippen molar-refractivity contribution in [3.63, 3.8) is 0 Å². The summed E-state index contributed by atoms with van der Waals surface area (Å²) in [6, 6.07) is 25.7. The van der Waals surface area contributed by atoms with Crippen molar-refractivity contribution < 1.29 is 18.9 Å². The molecule has 3 heteroatoms. The Balaban J connectivity index is 0.00000133. The van der Waals surface area contributed by atoms with Gasteiger partial charge < -0.3 is 0 Å². The minimum Gasteiger partial charge on any atom is -0.295 e. The summed E-state index contributed by atoms with van der Waals surface area (Å²) in [5, 5.41) is 6.00. The van der Waals surface area contributed by atoms with E-state index in [4.69, 9.17) is 0 Å². The minimum absolute atomic E-state index is 0. The molecule has 19 heavy (non-hydrogen) atoms. The van der Waals surface area contributed by atoms with Crippen LogP contribution in [0, 0.1) is 5.38 Å². The Kier molecular flexibility index (Phi) is 5.43. The number of benzene rings is 2. The fourth-order valence-corrected chi connectivity index (χ4v) is 5.43. The Morgan fingerprint density at radius 2 is 1.26 bits per heavy atom. The van der Waals surface area contributed by atoms with Gasteiger partial charge in [-0.25, -0.2) is 0 Å². The van der Waals surface area contributed by atoms with Crippen LogP contribution < -0.4 is 34.1 Å². The first kappa shape index (κ1) is 14.6. The molecule has 0 spiro atoms.